The molecule has 0 aliphatic carbocycles. The second-order valence-electron chi connectivity index (χ2n) is 10.2. The Morgan fingerprint density at radius 2 is 1.81 bits per heavy atom. The molecule has 2 atom stereocenters. The minimum Gasteiger partial charge on any atom is -0.507 e. The lowest BCUT2D eigenvalue weighted by Gasteiger charge is -2.26. The van der Waals surface area contributed by atoms with E-state index in [1.54, 1.807) is 12.1 Å². The van der Waals surface area contributed by atoms with Gasteiger partial charge >= 0.3 is 18.3 Å². The molecular weight excluding hydrogens is 655 g/mol. The number of hydrogen-bond donors (Lipinski definition) is 3. The Balaban J connectivity index is 1.77. The van der Waals surface area contributed by atoms with E-state index in [-0.39, 0.29) is 39.6 Å². The van der Waals surface area contributed by atoms with Crippen molar-refractivity contribution in [1.82, 2.24) is 0 Å². The molecule has 1 aromatic heterocycles. The zero-order valence-electron chi connectivity index (χ0n) is 25.1. The first-order valence-electron chi connectivity index (χ1n) is 14.1. The summed E-state index contributed by atoms with van der Waals surface area (Å²) < 4.78 is 81.7. The van der Waals surface area contributed by atoms with Crippen LogP contribution in [0.1, 0.15) is 49.0 Å². The van der Waals surface area contributed by atoms with Crippen molar-refractivity contribution in [1.29, 1.82) is 0 Å². The van der Waals surface area contributed by atoms with Gasteiger partial charge in [-0.25, -0.2) is 4.79 Å². The number of aliphatic hydroxyl groups excluding tert-OH is 1. The first kappa shape index (κ1) is 37.1. The molecule has 0 radical (unpaired) electrons. The quantitative estimate of drug-likeness (QED) is 0.0363. The first-order chi connectivity index (χ1) is 22.0. The van der Waals surface area contributed by atoms with Gasteiger partial charge in [0.05, 0.1) is 35.0 Å². The highest BCUT2D eigenvalue weighted by molar-refractivity contribution is 8.00. The SMILES string of the molecule is CCCc1c(OCC/C=C\C=C\[C@H](Sc2ccc3c(=O)cc(OC(=O)O)oc3c2)[C@H](O)CC(F)(F)C(F)(F)F)ccc(C(C)=O)c1O. The summed E-state index contributed by atoms with van der Waals surface area (Å²) in [5.74, 6) is -5.86. The number of rotatable bonds is 15. The summed E-state index contributed by atoms with van der Waals surface area (Å²) in [6.07, 6.45) is -4.61. The van der Waals surface area contributed by atoms with Crippen LogP contribution in [-0.2, 0) is 6.42 Å². The average Bonchev–Trinajstić information content (AvgIpc) is 2.96. The predicted molar refractivity (Wildman–Crippen MR) is 163 cm³/mol. The monoisotopic (exact) mass is 686 g/mol. The van der Waals surface area contributed by atoms with Gasteiger partial charge in [0, 0.05) is 16.9 Å². The third-order valence-electron chi connectivity index (χ3n) is 6.61. The number of fused-ring (bicyclic) bond motifs is 1. The Morgan fingerprint density at radius 3 is 2.45 bits per heavy atom. The van der Waals surface area contributed by atoms with E-state index in [1.807, 2.05) is 6.92 Å². The Bertz CT molecular complexity index is 1700. The number of allylic oxidation sites excluding steroid dienone is 2. The van der Waals surface area contributed by atoms with Crippen LogP contribution in [-0.4, -0.2) is 57.3 Å². The number of ether oxygens (including phenoxy) is 2. The van der Waals surface area contributed by atoms with E-state index in [0.29, 0.717) is 42.3 Å². The second kappa shape index (κ2) is 16.0. The van der Waals surface area contributed by atoms with Gasteiger partial charge in [-0.15, -0.1) is 11.8 Å². The van der Waals surface area contributed by atoms with E-state index < -0.39 is 47.4 Å². The number of hydrogen-bond acceptors (Lipinski definition) is 9. The third kappa shape index (κ3) is 10.1. The molecular formula is C32H31F5O9S. The number of phenolic OH excluding ortho intramolecular Hbond substituents is 1. The van der Waals surface area contributed by atoms with Crippen LogP contribution < -0.4 is 14.9 Å². The number of Topliss-reactive ketones (excluding diaryl/α,β-unsaturated/α-hetero) is 1. The fourth-order valence-electron chi connectivity index (χ4n) is 4.33. The van der Waals surface area contributed by atoms with Crippen LogP contribution in [0.2, 0.25) is 0 Å². The average molecular weight is 687 g/mol. The summed E-state index contributed by atoms with van der Waals surface area (Å²) in [5.41, 5.74) is -0.130. The number of carboxylic acid groups (broad SMARTS) is 1. The van der Waals surface area contributed by atoms with Gasteiger partial charge in [0.15, 0.2) is 11.2 Å². The van der Waals surface area contributed by atoms with E-state index in [4.69, 9.17) is 14.3 Å². The Hall–Kier alpha value is -4.37. The zero-order chi connectivity index (χ0) is 34.9. The fourth-order valence-corrected chi connectivity index (χ4v) is 5.39. The van der Waals surface area contributed by atoms with Crippen molar-refractivity contribution in [2.75, 3.05) is 6.61 Å². The molecule has 0 bridgehead atoms. The smallest absolute Gasteiger partial charge is 0.507 e. The maximum atomic E-state index is 13.8. The van der Waals surface area contributed by atoms with Gasteiger partial charge in [0.1, 0.15) is 17.1 Å². The molecule has 9 nitrogen and oxygen atoms in total. The second-order valence-corrected chi connectivity index (χ2v) is 11.5. The summed E-state index contributed by atoms with van der Waals surface area (Å²) in [4.78, 5) is 35.0. The number of carbonyl (C=O) groups excluding carboxylic acids is 1. The number of aliphatic hydroxyl groups is 1. The lowest BCUT2D eigenvalue weighted by molar-refractivity contribution is -0.289. The minimum atomic E-state index is -5.89. The van der Waals surface area contributed by atoms with Crippen molar-refractivity contribution in [2.45, 2.75) is 67.9 Å². The maximum absolute atomic E-state index is 13.8. The van der Waals surface area contributed by atoms with Crippen molar-refractivity contribution in [3.05, 3.63) is 82.1 Å². The molecule has 1 heterocycles. The minimum absolute atomic E-state index is 0.0142. The van der Waals surface area contributed by atoms with Gasteiger partial charge in [-0.3, -0.25) is 9.59 Å². The van der Waals surface area contributed by atoms with Crippen molar-refractivity contribution in [3.8, 4) is 17.4 Å². The Labute approximate surface area is 269 Å². The number of phenols is 1. The number of aromatic hydroxyl groups is 1. The molecule has 0 aliphatic rings. The Kier molecular flexibility index (Phi) is 12.6. The lowest BCUT2D eigenvalue weighted by Crippen LogP contribution is -2.41. The molecule has 0 spiro atoms. The summed E-state index contributed by atoms with van der Waals surface area (Å²) in [6.45, 7) is 3.38. The summed E-state index contributed by atoms with van der Waals surface area (Å²) in [5, 5.41) is 28.4. The van der Waals surface area contributed by atoms with Gasteiger partial charge in [-0.05, 0) is 50.1 Å². The van der Waals surface area contributed by atoms with Crippen LogP contribution in [0.3, 0.4) is 0 Å². The molecule has 47 heavy (non-hydrogen) atoms. The number of thioether (sulfide) groups is 1. The molecule has 0 unspecified atom stereocenters. The molecule has 3 rings (SSSR count). The molecule has 2 aromatic carbocycles. The van der Waals surface area contributed by atoms with Gasteiger partial charge in [-0.1, -0.05) is 37.6 Å². The first-order valence-corrected chi connectivity index (χ1v) is 15.0. The number of carbonyl (C=O) groups is 2. The molecule has 0 aliphatic heterocycles. The highest BCUT2D eigenvalue weighted by Crippen LogP contribution is 2.41. The zero-order valence-corrected chi connectivity index (χ0v) is 25.9. The van der Waals surface area contributed by atoms with Gasteiger partial charge < -0.3 is 29.2 Å². The largest absolute Gasteiger partial charge is 0.513 e. The van der Waals surface area contributed by atoms with Crippen LogP contribution in [0.5, 0.6) is 17.4 Å². The Morgan fingerprint density at radius 1 is 1.09 bits per heavy atom. The van der Waals surface area contributed by atoms with E-state index in [2.05, 4.69) is 4.74 Å². The topological polar surface area (TPSA) is 144 Å². The van der Waals surface area contributed by atoms with Crippen molar-refractivity contribution < 1.29 is 60.8 Å². The van der Waals surface area contributed by atoms with Crippen LogP contribution in [0.15, 0.2) is 74.8 Å². The van der Waals surface area contributed by atoms with Gasteiger partial charge in [0.25, 0.3) is 5.95 Å². The molecule has 0 saturated heterocycles. The number of alkyl halides is 5. The summed E-state index contributed by atoms with van der Waals surface area (Å²) >= 11 is 0.702. The van der Waals surface area contributed by atoms with Crippen LogP contribution in [0.4, 0.5) is 26.7 Å². The third-order valence-corrected chi connectivity index (χ3v) is 7.88. The summed E-state index contributed by atoms with van der Waals surface area (Å²) in [7, 11) is 0. The van der Waals surface area contributed by atoms with Crippen molar-refractivity contribution in [2.24, 2.45) is 0 Å². The van der Waals surface area contributed by atoms with Crippen LogP contribution in [0, 0.1) is 0 Å². The normalized spacial score (nSPS) is 13.7. The molecule has 3 aromatic rings. The maximum Gasteiger partial charge on any atom is 0.513 e. The van der Waals surface area contributed by atoms with E-state index >= 15 is 0 Å². The van der Waals surface area contributed by atoms with Crippen LogP contribution in [0.25, 0.3) is 11.0 Å². The van der Waals surface area contributed by atoms with Crippen LogP contribution >= 0.6 is 11.8 Å². The molecule has 3 N–H and O–H groups in total. The van der Waals surface area contributed by atoms with Crippen molar-refractivity contribution >= 4 is 34.7 Å². The van der Waals surface area contributed by atoms with E-state index in [0.717, 1.165) is 6.07 Å². The number of halogens is 5. The fraction of sp³-hybridized carbons (Fsp3) is 0.344. The highest BCUT2D eigenvalue weighted by Gasteiger charge is 2.58. The van der Waals surface area contributed by atoms with E-state index in [1.165, 1.54) is 49.4 Å². The number of benzene rings is 2. The van der Waals surface area contributed by atoms with Crippen molar-refractivity contribution in [3.63, 3.8) is 0 Å². The molecule has 15 heteroatoms. The molecule has 0 saturated carbocycles. The lowest BCUT2D eigenvalue weighted by atomic mass is 10.0. The number of ketones is 1. The van der Waals surface area contributed by atoms with Gasteiger partial charge in [0.2, 0.25) is 0 Å². The predicted octanol–water partition coefficient (Wildman–Crippen LogP) is 7.70. The standard InChI is InChI=1S/C32H31F5O9S/c1-3-8-22-25(13-12-20(18(2)38)29(22)41)44-14-7-5-4-6-9-27(24(40)17-31(33,34)32(35,36)37)47-19-10-11-21-23(39)16-28(46-30(42)43)45-26(21)15-19/h4-6,9-13,15-16,24,27,40-41H,3,7-8,14,17H2,1-2H3,(H,42,43)/b5-4-,9-6+/t24-,27+/m1/s1. The van der Waals surface area contributed by atoms with E-state index in [9.17, 15) is 46.5 Å². The molecule has 0 fully saturated rings. The molecule has 254 valence electrons. The van der Waals surface area contributed by atoms with Gasteiger partial charge in [-0.2, -0.15) is 22.0 Å². The summed E-state index contributed by atoms with van der Waals surface area (Å²) in [6, 6.07) is 7.72. The molecule has 0 amide bonds. The highest BCUT2D eigenvalue weighted by atomic mass is 32.2.